The van der Waals surface area contributed by atoms with Crippen molar-refractivity contribution in [3.63, 3.8) is 0 Å². The Balaban J connectivity index is 2.42. The smallest absolute Gasteiger partial charge is 0.0585 e. The van der Waals surface area contributed by atoms with Crippen LogP contribution in [0.3, 0.4) is 0 Å². The zero-order valence-electron chi connectivity index (χ0n) is 8.43. The van der Waals surface area contributed by atoms with E-state index < -0.39 is 0 Å². The summed E-state index contributed by atoms with van der Waals surface area (Å²) in [7, 11) is 0. The number of rotatable bonds is 3. The molecule has 1 aromatic heterocycles. The number of pyridine rings is 1. The molecule has 0 aliphatic carbocycles. The zero-order chi connectivity index (χ0) is 10.7. The predicted molar refractivity (Wildman–Crippen MR) is 60.5 cm³/mol. The number of fused-ring (bicyclic) bond motifs is 1. The molecule has 0 bridgehead atoms. The van der Waals surface area contributed by atoms with Crippen LogP contribution in [-0.2, 0) is 6.42 Å². The Kier molecular flexibility index (Phi) is 2.94. The number of hydrogen-bond acceptors (Lipinski definition) is 3. The van der Waals surface area contributed by atoms with E-state index in [-0.39, 0.29) is 12.6 Å². The van der Waals surface area contributed by atoms with Crippen LogP contribution < -0.4 is 5.73 Å². The second kappa shape index (κ2) is 4.38. The summed E-state index contributed by atoms with van der Waals surface area (Å²) in [5.41, 5.74) is 6.89. The van der Waals surface area contributed by atoms with Crippen LogP contribution >= 0.6 is 0 Å². The van der Waals surface area contributed by atoms with E-state index in [0.29, 0.717) is 6.42 Å². The SMILES string of the molecule is NC(CO)Cc1cccc2cnccc12. The van der Waals surface area contributed by atoms with Crippen molar-refractivity contribution in [1.82, 2.24) is 4.98 Å². The van der Waals surface area contributed by atoms with E-state index >= 15 is 0 Å². The van der Waals surface area contributed by atoms with E-state index in [9.17, 15) is 0 Å². The monoisotopic (exact) mass is 202 g/mol. The normalized spacial score (nSPS) is 12.9. The molecule has 1 unspecified atom stereocenters. The van der Waals surface area contributed by atoms with E-state index in [1.807, 2.05) is 30.5 Å². The lowest BCUT2D eigenvalue weighted by atomic mass is 10.0. The molecule has 0 amide bonds. The largest absolute Gasteiger partial charge is 0.395 e. The third-order valence-electron chi connectivity index (χ3n) is 2.49. The number of aliphatic hydroxyl groups excluding tert-OH is 1. The molecule has 0 aliphatic heterocycles. The van der Waals surface area contributed by atoms with Crippen LogP contribution in [0.2, 0.25) is 0 Å². The van der Waals surface area contributed by atoms with Crippen LogP contribution in [0.15, 0.2) is 36.7 Å². The molecule has 0 spiro atoms. The first kappa shape index (κ1) is 10.1. The molecule has 3 nitrogen and oxygen atoms in total. The van der Waals surface area contributed by atoms with Gasteiger partial charge in [0.2, 0.25) is 0 Å². The van der Waals surface area contributed by atoms with Gasteiger partial charge in [0.25, 0.3) is 0 Å². The van der Waals surface area contributed by atoms with Gasteiger partial charge in [-0.05, 0) is 23.4 Å². The van der Waals surface area contributed by atoms with Crippen molar-refractivity contribution in [2.24, 2.45) is 5.73 Å². The van der Waals surface area contributed by atoms with Crippen molar-refractivity contribution >= 4 is 10.8 Å². The van der Waals surface area contributed by atoms with Gasteiger partial charge in [-0.25, -0.2) is 0 Å². The fourth-order valence-corrected chi connectivity index (χ4v) is 1.71. The molecular weight excluding hydrogens is 188 g/mol. The fourth-order valence-electron chi connectivity index (χ4n) is 1.71. The topological polar surface area (TPSA) is 59.1 Å². The molecule has 3 N–H and O–H groups in total. The van der Waals surface area contributed by atoms with Crippen LogP contribution in [-0.4, -0.2) is 22.7 Å². The minimum Gasteiger partial charge on any atom is -0.395 e. The second-order valence-corrected chi connectivity index (χ2v) is 3.66. The number of nitrogens with zero attached hydrogens (tertiary/aromatic N) is 1. The molecule has 1 aromatic carbocycles. The molecule has 0 fully saturated rings. The summed E-state index contributed by atoms with van der Waals surface area (Å²) in [6.45, 7) is 0.0153. The highest BCUT2D eigenvalue weighted by atomic mass is 16.3. The second-order valence-electron chi connectivity index (χ2n) is 3.66. The molecule has 0 saturated carbocycles. The van der Waals surface area contributed by atoms with Crippen LogP contribution in [0.1, 0.15) is 5.56 Å². The maximum atomic E-state index is 8.93. The molecule has 15 heavy (non-hydrogen) atoms. The highest BCUT2D eigenvalue weighted by Crippen LogP contribution is 2.18. The van der Waals surface area contributed by atoms with E-state index in [0.717, 1.165) is 16.3 Å². The molecule has 2 aromatic rings. The van der Waals surface area contributed by atoms with Crippen molar-refractivity contribution < 1.29 is 5.11 Å². The van der Waals surface area contributed by atoms with Gasteiger partial charge in [-0.2, -0.15) is 0 Å². The summed E-state index contributed by atoms with van der Waals surface area (Å²) in [6.07, 6.45) is 4.30. The molecule has 3 heteroatoms. The van der Waals surface area contributed by atoms with E-state index in [4.69, 9.17) is 10.8 Å². The third kappa shape index (κ3) is 2.14. The van der Waals surface area contributed by atoms with Crippen LogP contribution in [0.5, 0.6) is 0 Å². The Morgan fingerprint density at radius 2 is 2.20 bits per heavy atom. The van der Waals surface area contributed by atoms with E-state index in [1.165, 1.54) is 0 Å². The van der Waals surface area contributed by atoms with Crippen molar-refractivity contribution in [3.05, 3.63) is 42.2 Å². The lowest BCUT2D eigenvalue weighted by Gasteiger charge is -2.10. The molecule has 2 rings (SSSR count). The zero-order valence-corrected chi connectivity index (χ0v) is 8.43. The first-order valence-electron chi connectivity index (χ1n) is 4.99. The minimum atomic E-state index is -0.191. The van der Waals surface area contributed by atoms with Crippen molar-refractivity contribution in [1.29, 1.82) is 0 Å². The van der Waals surface area contributed by atoms with Crippen molar-refractivity contribution in [2.75, 3.05) is 6.61 Å². The van der Waals surface area contributed by atoms with Crippen molar-refractivity contribution in [2.45, 2.75) is 12.5 Å². The summed E-state index contributed by atoms with van der Waals surface area (Å²) in [4.78, 5) is 4.07. The summed E-state index contributed by atoms with van der Waals surface area (Å²) >= 11 is 0. The fraction of sp³-hybridized carbons (Fsp3) is 0.250. The Hall–Kier alpha value is -1.45. The van der Waals surface area contributed by atoms with Crippen LogP contribution in [0, 0.1) is 0 Å². The average molecular weight is 202 g/mol. The minimum absolute atomic E-state index is 0.0153. The van der Waals surface area contributed by atoms with Gasteiger partial charge in [0.05, 0.1) is 6.61 Å². The lowest BCUT2D eigenvalue weighted by Crippen LogP contribution is -2.26. The Morgan fingerprint density at radius 3 is 3.00 bits per heavy atom. The first-order valence-corrected chi connectivity index (χ1v) is 4.99. The van der Waals surface area contributed by atoms with Gasteiger partial charge in [0, 0.05) is 23.8 Å². The predicted octanol–water partition coefficient (Wildman–Crippen LogP) is 1.10. The van der Waals surface area contributed by atoms with Gasteiger partial charge in [-0.3, -0.25) is 4.98 Å². The Labute approximate surface area is 88.6 Å². The van der Waals surface area contributed by atoms with E-state index in [2.05, 4.69) is 4.98 Å². The molecule has 1 heterocycles. The summed E-state index contributed by atoms with van der Waals surface area (Å²) in [6, 6.07) is 7.84. The molecule has 0 saturated heterocycles. The standard InChI is InChI=1S/C12H14N2O/c13-11(8-15)6-9-2-1-3-10-7-14-5-4-12(9)10/h1-5,7,11,15H,6,8,13H2. The summed E-state index contributed by atoms with van der Waals surface area (Å²) in [5.74, 6) is 0. The van der Waals surface area contributed by atoms with Gasteiger partial charge in [-0.15, -0.1) is 0 Å². The van der Waals surface area contributed by atoms with Gasteiger partial charge >= 0.3 is 0 Å². The summed E-state index contributed by atoms with van der Waals surface area (Å²) < 4.78 is 0. The number of benzene rings is 1. The molecule has 1 atom stereocenters. The van der Waals surface area contributed by atoms with Crippen LogP contribution in [0.4, 0.5) is 0 Å². The quantitative estimate of drug-likeness (QED) is 0.783. The first-order chi connectivity index (χ1) is 7.31. The highest BCUT2D eigenvalue weighted by Gasteiger charge is 2.05. The highest BCUT2D eigenvalue weighted by molar-refractivity contribution is 5.84. The molecule has 0 radical (unpaired) electrons. The molecule has 78 valence electrons. The van der Waals surface area contributed by atoms with Gasteiger partial charge < -0.3 is 10.8 Å². The Bertz CT molecular complexity index is 451. The number of aromatic nitrogens is 1. The van der Waals surface area contributed by atoms with Gasteiger partial charge in [0.1, 0.15) is 0 Å². The maximum Gasteiger partial charge on any atom is 0.0585 e. The number of aliphatic hydroxyl groups is 1. The molecule has 0 aliphatic rings. The van der Waals surface area contributed by atoms with Crippen LogP contribution in [0.25, 0.3) is 10.8 Å². The Morgan fingerprint density at radius 1 is 1.33 bits per heavy atom. The summed E-state index contributed by atoms with van der Waals surface area (Å²) in [5, 5.41) is 11.2. The van der Waals surface area contributed by atoms with Crippen molar-refractivity contribution in [3.8, 4) is 0 Å². The lowest BCUT2D eigenvalue weighted by molar-refractivity contribution is 0.265. The molecular formula is C12H14N2O. The maximum absolute atomic E-state index is 8.93. The number of nitrogens with two attached hydrogens (primary N) is 1. The number of hydrogen-bond donors (Lipinski definition) is 2. The van der Waals surface area contributed by atoms with Gasteiger partial charge in [-0.1, -0.05) is 18.2 Å². The van der Waals surface area contributed by atoms with E-state index in [1.54, 1.807) is 6.20 Å². The van der Waals surface area contributed by atoms with Gasteiger partial charge in [0.15, 0.2) is 0 Å². The third-order valence-corrected chi connectivity index (χ3v) is 2.49. The average Bonchev–Trinajstić information content (AvgIpc) is 2.29.